The summed E-state index contributed by atoms with van der Waals surface area (Å²) in [6.45, 7) is 11.2. The summed E-state index contributed by atoms with van der Waals surface area (Å²) >= 11 is 0. The SMILES string of the molecule is CCCNCCNC(=O)CC(C)c1ccc(C(C)C)cc1.Cl. The van der Waals surface area contributed by atoms with E-state index in [0.29, 0.717) is 18.9 Å². The van der Waals surface area contributed by atoms with E-state index >= 15 is 0 Å². The second-order valence-electron chi connectivity index (χ2n) is 6.03. The van der Waals surface area contributed by atoms with Crippen molar-refractivity contribution in [3.63, 3.8) is 0 Å². The Morgan fingerprint density at radius 3 is 2.14 bits per heavy atom. The minimum atomic E-state index is 0. The van der Waals surface area contributed by atoms with Gasteiger partial charge in [-0.2, -0.15) is 0 Å². The third-order valence-electron chi connectivity index (χ3n) is 3.71. The Morgan fingerprint density at radius 1 is 1.00 bits per heavy atom. The first-order valence-electron chi connectivity index (χ1n) is 8.11. The van der Waals surface area contributed by atoms with Crippen LogP contribution in [-0.4, -0.2) is 25.5 Å². The highest BCUT2D eigenvalue weighted by atomic mass is 35.5. The Hall–Kier alpha value is -1.06. The molecule has 2 N–H and O–H groups in total. The van der Waals surface area contributed by atoms with E-state index in [1.165, 1.54) is 11.1 Å². The fourth-order valence-corrected chi connectivity index (χ4v) is 2.27. The van der Waals surface area contributed by atoms with Gasteiger partial charge in [0.1, 0.15) is 0 Å². The van der Waals surface area contributed by atoms with E-state index < -0.39 is 0 Å². The lowest BCUT2D eigenvalue weighted by Crippen LogP contribution is -2.32. The number of hydrogen-bond donors (Lipinski definition) is 2. The minimum Gasteiger partial charge on any atom is -0.355 e. The average Bonchev–Trinajstić information content (AvgIpc) is 2.47. The first-order valence-corrected chi connectivity index (χ1v) is 8.11. The lowest BCUT2D eigenvalue weighted by atomic mass is 9.94. The van der Waals surface area contributed by atoms with Gasteiger partial charge in [-0.1, -0.05) is 52.0 Å². The number of carbonyl (C=O) groups is 1. The van der Waals surface area contributed by atoms with Crippen LogP contribution in [0.25, 0.3) is 0 Å². The van der Waals surface area contributed by atoms with Crippen LogP contribution in [0.5, 0.6) is 0 Å². The molecule has 0 radical (unpaired) electrons. The highest BCUT2D eigenvalue weighted by molar-refractivity contribution is 5.85. The molecule has 0 fully saturated rings. The number of nitrogens with one attached hydrogen (secondary N) is 2. The molecular weight excluding hydrogens is 296 g/mol. The van der Waals surface area contributed by atoms with Crippen molar-refractivity contribution in [1.29, 1.82) is 0 Å². The largest absolute Gasteiger partial charge is 0.355 e. The van der Waals surface area contributed by atoms with Crippen molar-refractivity contribution in [3.05, 3.63) is 35.4 Å². The van der Waals surface area contributed by atoms with Crippen LogP contribution in [0, 0.1) is 0 Å². The van der Waals surface area contributed by atoms with Gasteiger partial charge in [-0.3, -0.25) is 4.79 Å². The highest BCUT2D eigenvalue weighted by Crippen LogP contribution is 2.22. The van der Waals surface area contributed by atoms with Gasteiger partial charge in [-0.25, -0.2) is 0 Å². The summed E-state index contributed by atoms with van der Waals surface area (Å²) in [6, 6.07) is 8.64. The molecule has 126 valence electrons. The summed E-state index contributed by atoms with van der Waals surface area (Å²) in [4.78, 5) is 11.9. The van der Waals surface area contributed by atoms with Crippen molar-refractivity contribution in [2.24, 2.45) is 0 Å². The molecule has 0 saturated heterocycles. The van der Waals surface area contributed by atoms with Gasteiger partial charge in [0.05, 0.1) is 0 Å². The van der Waals surface area contributed by atoms with E-state index in [1.54, 1.807) is 0 Å². The second kappa shape index (κ2) is 11.5. The molecule has 0 heterocycles. The Bertz CT molecular complexity index is 418. The van der Waals surface area contributed by atoms with Crippen molar-refractivity contribution in [1.82, 2.24) is 10.6 Å². The molecule has 4 heteroatoms. The molecule has 1 atom stereocenters. The predicted molar refractivity (Wildman–Crippen MR) is 97.0 cm³/mol. The molecule has 1 amide bonds. The number of hydrogen-bond acceptors (Lipinski definition) is 2. The van der Waals surface area contributed by atoms with E-state index in [2.05, 4.69) is 62.6 Å². The zero-order valence-electron chi connectivity index (χ0n) is 14.3. The van der Waals surface area contributed by atoms with Gasteiger partial charge in [0.15, 0.2) is 0 Å². The third kappa shape index (κ3) is 7.81. The van der Waals surface area contributed by atoms with Gasteiger partial charge in [0, 0.05) is 19.5 Å². The van der Waals surface area contributed by atoms with Crippen LogP contribution in [0.1, 0.15) is 63.5 Å². The van der Waals surface area contributed by atoms with Gasteiger partial charge in [0.25, 0.3) is 0 Å². The van der Waals surface area contributed by atoms with Crippen LogP contribution < -0.4 is 10.6 Å². The summed E-state index contributed by atoms with van der Waals surface area (Å²) in [5.41, 5.74) is 2.58. The lowest BCUT2D eigenvalue weighted by Gasteiger charge is -2.14. The quantitative estimate of drug-likeness (QED) is 0.677. The number of benzene rings is 1. The van der Waals surface area contributed by atoms with Gasteiger partial charge in [-0.05, 0) is 35.9 Å². The first kappa shape index (κ1) is 20.9. The maximum Gasteiger partial charge on any atom is 0.220 e. The molecule has 0 aliphatic heterocycles. The molecule has 22 heavy (non-hydrogen) atoms. The second-order valence-corrected chi connectivity index (χ2v) is 6.03. The van der Waals surface area contributed by atoms with Crippen LogP contribution in [0.4, 0.5) is 0 Å². The molecular formula is C18H31ClN2O. The fraction of sp³-hybridized carbons (Fsp3) is 0.611. The molecule has 0 aromatic heterocycles. The standard InChI is InChI=1S/C18H30N2O.ClH/c1-5-10-19-11-12-20-18(21)13-15(4)17-8-6-16(7-9-17)14(2)3;/h6-9,14-15,19H,5,10-13H2,1-4H3,(H,20,21);1H. The maximum atomic E-state index is 11.9. The Morgan fingerprint density at radius 2 is 1.59 bits per heavy atom. The zero-order chi connectivity index (χ0) is 15.7. The Kier molecular flexibility index (Phi) is 10.9. The smallest absolute Gasteiger partial charge is 0.220 e. The van der Waals surface area contributed by atoms with E-state index in [1.807, 2.05) is 0 Å². The van der Waals surface area contributed by atoms with Crippen molar-refractivity contribution in [3.8, 4) is 0 Å². The summed E-state index contributed by atoms with van der Waals surface area (Å²) in [6.07, 6.45) is 1.67. The molecule has 1 unspecified atom stereocenters. The van der Waals surface area contributed by atoms with Crippen LogP contribution in [0.3, 0.4) is 0 Å². The number of carbonyl (C=O) groups excluding carboxylic acids is 1. The molecule has 1 rings (SSSR count). The fourth-order valence-electron chi connectivity index (χ4n) is 2.27. The third-order valence-corrected chi connectivity index (χ3v) is 3.71. The van der Waals surface area contributed by atoms with Crippen LogP contribution >= 0.6 is 12.4 Å². The van der Waals surface area contributed by atoms with Crippen molar-refractivity contribution >= 4 is 18.3 Å². The van der Waals surface area contributed by atoms with Crippen LogP contribution in [-0.2, 0) is 4.79 Å². The molecule has 1 aromatic carbocycles. The molecule has 0 spiro atoms. The predicted octanol–water partition coefficient (Wildman–Crippen LogP) is 3.84. The van der Waals surface area contributed by atoms with Crippen molar-refractivity contribution in [2.75, 3.05) is 19.6 Å². The molecule has 1 aromatic rings. The van der Waals surface area contributed by atoms with Crippen molar-refractivity contribution < 1.29 is 4.79 Å². The monoisotopic (exact) mass is 326 g/mol. The van der Waals surface area contributed by atoms with E-state index in [9.17, 15) is 4.79 Å². The number of halogens is 1. The number of amides is 1. The molecule has 0 aliphatic carbocycles. The van der Waals surface area contributed by atoms with Gasteiger partial charge >= 0.3 is 0 Å². The summed E-state index contributed by atoms with van der Waals surface area (Å²) in [5, 5.41) is 6.25. The minimum absolute atomic E-state index is 0. The van der Waals surface area contributed by atoms with Crippen LogP contribution in [0.2, 0.25) is 0 Å². The first-order chi connectivity index (χ1) is 10.0. The zero-order valence-corrected chi connectivity index (χ0v) is 15.1. The summed E-state index contributed by atoms with van der Waals surface area (Å²) in [7, 11) is 0. The topological polar surface area (TPSA) is 41.1 Å². The van der Waals surface area contributed by atoms with Crippen LogP contribution in [0.15, 0.2) is 24.3 Å². The van der Waals surface area contributed by atoms with Gasteiger partial charge < -0.3 is 10.6 Å². The Labute approximate surface area is 141 Å². The highest BCUT2D eigenvalue weighted by Gasteiger charge is 2.11. The molecule has 0 bridgehead atoms. The summed E-state index contributed by atoms with van der Waals surface area (Å²) in [5.74, 6) is 0.942. The molecule has 0 aliphatic rings. The molecule has 0 saturated carbocycles. The van der Waals surface area contributed by atoms with E-state index in [0.717, 1.165) is 19.5 Å². The Balaban J connectivity index is 0.00000441. The van der Waals surface area contributed by atoms with E-state index in [4.69, 9.17) is 0 Å². The van der Waals surface area contributed by atoms with E-state index in [-0.39, 0.29) is 24.2 Å². The normalized spacial score (nSPS) is 11.9. The lowest BCUT2D eigenvalue weighted by molar-refractivity contribution is -0.121. The number of rotatable bonds is 9. The summed E-state index contributed by atoms with van der Waals surface area (Å²) < 4.78 is 0. The van der Waals surface area contributed by atoms with Gasteiger partial charge in [0.2, 0.25) is 5.91 Å². The average molecular weight is 327 g/mol. The maximum absolute atomic E-state index is 11.9. The molecule has 3 nitrogen and oxygen atoms in total. The van der Waals surface area contributed by atoms with Crippen molar-refractivity contribution in [2.45, 2.75) is 52.4 Å². The van der Waals surface area contributed by atoms with Gasteiger partial charge in [-0.15, -0.1) is 12.4 Å².